The number of carbonyl (C=O) groups excluding carboxylic acids is 2. The maximum atomic E-state index is 11.6. The Morgan fingerprint density at radius 2 is 1.89 bits per heavy atom. The lowest BCUT2D eigenvalue weighted by Gasteiger charge is -2.20. The average Bonchev–Trinajstić information content (AvgIpc) is 2.24. The molecule has 0 aliphatic rings. The molecule has 0 heterocycles. The lowest BCUT2D eigenvalue weighted by molar-refractivity contribution is -0.115. The minimum atomic E-state index is -0.355. The molecule has 19 heavy (non-hydrogen) atoms. The topological polar surface area (TPSA) is 70.2 Å². The SMILES string of the molecule is Cc1cccc(NC(=O)CNC(=O)NC(C)(C)C)c1. The van der Waals surface area contributed by atoms with Gasteiger partial charge in [0.05, 0.1) is 6.54 Å². The molecule has 0 unspecified atom stereocenters. The van der Waals surface area contributed by atoms with Crippen LogP contribution in [0.4, 0.5) is 10.5 Å². The Balaban J connectivity index is 2.38. The van der Waals surface area contributed by atoms with Gasteiger partial charge in [0.2, 0.25) is 5.91 Å². The molecule has 0 fully saturated rings. The van der Waals surface area contributed by atoms with Gasteiger partial charge in [-0.3, -0.25) is 4.79 Å². The molecule has 0 aromatic heterocycles. The molecule has 0 radical (unpaired) electrons. The summed E-state index contributed by atoms with van der Waals surface area (Å²) in [6.45, 7) is 7.51. The van der Waals surface area contributed by atoms with E-state index >= 15 is 0 Å². The van der Waals surface area contributed by atoms with Gasteiger partial charge >= 0.3 is 6.03 Å². The molecular formula is C14H21N3O2. The summed E-state index contributed by atoms with van der Waals surface area (Å²) >= 11 is 0. The van der Waals surface area contributed by atoms with Crippen molar-refractivity contribution in [2.24, 2.45) is 0 Å². The highest BCUT2D eigenvalue weighted by Gasteiger charge is 2.13. The number of aryl methyl sites for hydroxylation is 1. The number of anilines is 1. The fraction of sp³-hybridized carbons (Fsp3) is 0.429. The van der Waals surface area contributed by atoms with Crippen LogP contribution in [0.5, 0.6) is 0 Å². The number of benzene rings is 1. The zero-order valence-electron chi connectivity index (χ0n) is 11.8. The van der Waals surface area contributed by atoms with Crippen LogP contribution in [0.2, 0.25) is 0 Å². The Morgan fingerprint density at radius 1 is 1.21 bits per heavy atom. The standard InChI is InChI=1S/C14H21N3O2/c1-10-6-5-7-11(8-10)16-12(18)9-15-13(19)17-14(2,3)4/h5-8H,9H2,1-4H3,(H,16,18)(H2,15,17,19). The van der Waals surface area contributed by atoms with Gasteiger partial charge in [0.25, 0.3) is 0 Å². The van der Waals surface area contributed by atoms with Crippen LogP contribution < -0.4 is 16.0 Å². The van der Waals surface area contributed by atoms with E-state index in [0.717, 1.165) is 11.3 Å². The number of rotatable bonds is 3. The van der Waals surface area contributed by atoms with Crippen molar-refractivity contribution >= 4 is 17.6 Å². The molecule has 5 nitrogen and oxygen atoms in total. The highest BCUT2D eigenvalue weighted by molar-refractivity contribution is 5.94. The van der Waals surface area contributed by atoms with Crippen molar-refractivity contribution in [2.75, 3.05) is 11.9 Å². The molecule has 104 valence electrons. The van der Waals surface area contributed by atoms with Crippen molar-refractivity contribution in [2.45, 2.75) is 33.2 Å². The van der Waals surface area contributed by atoms with E-state index in [1.165, 1.54) is 0 Å². The second kappa shape index (κ2) is 6.22. The summed E-state index contributed by atoms with van der Waals surface area (Å²) in [4.78, 5) is 23.1. The number of amides is 3. The maximum absolute atomic E-state index is 11.6. The zero-order chi connectivity index (χ0) is 14.5. The second-order valence-corrected chi connectivity index (χ2v) is 5.48. The molecule has 5 heteroatoms. The summed E-state index contributed by atoms with van der Waals surface area (Å²) in [5.74, 6) is -0.255. The van der Waals surface area contributed by atoms with Gasteiger partial charge in [0.15, 0.2) is 0 Å². The number of hydrogen-bond acceptors (Lipinski definition) is 2. The first-order valence-electron chi connectivity index (χ1n) is 6.19. The van der Waals surface area contributed by atoms with Gasteiger partial charge in [-0.2, -0.15) is 0 Å². The van der Waals surface area contributed by atoms with E-state index < -0.39 is 0 Å². The maximum Gasteiger partial charge on any atom is 0.315 e. The quantitative estimate of drug-likeness (QED) is 0.781. The van der Waals surface area contributed by atoms with Crippen molar-refractivity contribution in [3.05, 3.63) is 29.8 Å². The molecule has 0 aliphatic heterocycles. The first-order valence-corrected chi connectivity index (χ1v) is 6.19. The van der Waals surface area contributed by atoms with Gasteiger partial charge in [-0.05, 0) is 45.4 Å². The lowest BCUT2D eigenvalue weighted by Crippen LogP contribution is -2.48. The molecule has 0 saturated heterocycles. The minimum Gasteiger partial charge on any atom is -0.334 e. The monoisotopic (exact) mass is 263 g/mol. The van der Waals surface area contributed by atoms with Crippen molar-refractivity contribution in [1.82, 2.24) is 10.6 Å². The van der Waals surface area contributed by atoms with Crippen LogP contribution in [0.15, 0.2) is 24.3 Å². The molecule has 1 rings (SSSR count). The van der Waals surface area contributed by atoms with Crippen LogP contribution in [0.1, 0.15) is 26.3 Å². The Morgan fingerprint density at radius 3 is 2.47 bits per heavy atom. The number of carbonyl (C=O) groups is 2. The Kier molecular flexibility index (Phi) is 4.92. The van der Waals surface area contributed by atoms with Crippen molar-refractivity contribution in [3.63, 3.8) is 0 Å². The summed E-state index contributed by atoms with van der Waals surface area (Å²) in [6, 6.07) is 7.13. The third-order valence-corrected chi connectivity index (χ3v) is 2.20. The van der Waals surface area contributed by atoms with Gasteiger partial charge < -0.3 is 16.0 Å². The van der Waals surface area contributed by atoms with E-state index in [0.29, 0.717) is 0 Å². The van der Waals surface area contributed by atoms with E-state index in [4.69, 9.17) is 0 Å². The summed E-state index contributed by atoms with van der Waals surface area (Å²) in [5, 5.41) is 7.95. The highest BCUT2D eigenvalue weighted by Crippen LogP contribution is 2.08. The summed E-state index contributed by atoms with van der Waals surface area (Å²) in [7, 11) is 0. The number of nitrogens with one attached hydrogen (secondary N) is 3. The smallest absolute Gasteiger partial charge is 0.315 e. The highest BCUT2D eigenvalue weighted by atomic mass is 16.2. The van der Waals surface area contributed by atoms with Gasteiger partial charge in [-0.15, -0.1) is 0 Å². The first-order chi connectivity index (χ1) is 8.76. The molecule has 1 aromatic carbocycles. The Hall–Kier alpha value is -2.04. The zero-order valence-corrected chi connectivity index (χ0v) is 11.8. The van der Waals surface area contributed by atoms with Gasteiger partial charge in [-0.25, -0.2) is 4.79 Å². The fourth-order valence-corrected chi connectivity index (χ4v) is 1.47. The average molecular weight is 263 g/mol. The van der Waals surface area contributed by atoms with Crippen LogP contribution in [-0.2, 0) is 4.79 Å². The van der Waals surface area contributed by atoms with E-state index in [-0.39, 0.29) is 24.0 Å². The first kappa shape index (κ1) is 15.0. The Bertz CT molecular complexity index is 464. The predicted octanol–water partition coefficient (Wildman–Crippen LogP) is 2.03. The van der Waals surface area contributed by atoms with E-state index in [2.05, 4.69) is 16.0 Å². The molecule has 0 saturated carbocycles. The van der Waals surface area contributed by atoms with E-state index in [1.807, 2.05) is 45.9 Å². The fourth-order valence-electron chi connectivity index (χ4n) is 1.47. The summed E-state index contributed by atoms with van der Waals surface area (Å²) < 4.78 is 0. The molecular weight excluding hydrogens is 242 g/mol. The molecule has 1 aromatic rings. The van der Waals surface area contributed by atoms with Crippen LogP contribution in [0.3, 0.4) is 0 Å². The van der Waals surface area contributed by atoms with E-state index in [9.17, 15) is 9.59 Å². The van der Waals surface area contributed by atoms with Gasteiger partial charge in [0, 0.05) is 11.2 Å². The van der Waals surface area contributed by atoms with Crippen molar-refractivity contribution < 1.29 is 9.59 Å². The predicted molar refractivity (Wildman–Crippen MR) is 76.1 cm³/mol. The van der Waals surface area contributed by atoms with Crippen LogP contribution in [0, 0.1) is 6.92 Å². The Labute approximate surface area is 113 Å². The number of hydrogen-bond donors (Lipinski definition) is 3. The lowest BCUT2D eigenvalue weighted by atomic mass is 10.1. The molecule has 0 atom stereocenters. The van der Waals surface area contributed by atoms with Gasteiger partial charge in [-0.1, -0.05) is 12.1 Å². The third-order valence-electron chi connectivity index (χ3n) is 2.20. The molecule has 0 bridgehead atoms. The van der Waals surface area contributed by atoms with Crippen LogP contribution in [-0.4, -0.2) is 24.0 Å². The van der Waals surface area contributed by atoms with E-state index in [1.54, 1.807) is 6.07 Å². The summed E-state index contributed by atoms with van der Waals surface area (Å²) in [6.07, 6.45) is 0. The largest absolute Gasteiger partial charge is 0.334 e. The minimum absolute atomic E-state index is 0.0597. The van der Waals surface area contributed by atoms with Crippen molar-refractivity contribution in [3.8, 4) is 0 Å². The molecule has 3 N–H and O–H groups in total. The molecule has 0 spiro atoms. The molecule has 3 amide bonds. The van der Waals surface area contributed by atoms with Crippen molar-refractivity contribution in [1.29, 1.82) is 0 Å². The summed E-state index contributed by atoms with van der Waals surface area (Å²) in [5.41, 5.74) is 1.47. The third kappa shape index (κ3) is 6.45. The second-order valence-electron chi connectivity index (χ2n) is 5.48. The normalized spacial score (nSPS) is 10.7. The number of urea groups is 1. The van der Waals surface area contributed by atoms with Crippen LogP contribution in [0.25, 0.3) is 0 Å². The van der Waals surface area contributed by atoms with Gasteiger partial charge in [0.1, 0.15) is 0 Å². The molecule has 0 aliphatic carbocycles. The van der Waals surface area contributed by atoms with Crippen LogP contribution >= 0.6 is 0 Å².